The van der Waals surface area contributed by atoms with Gasteiger partial charge in [-0.05, 0) is 42.6 Å². The Hall–Kier alpha value is -1.68. The zero-order valence-corrected chi connectivity index (χ0v) is 10.5. The van der Waals surface area contributed by atoms with Gasteiger partial charge in [-0.1, -0.05) is 6.92 Å². The highest BCUT2D eigenvalue weighted by Gasteiger charge is 2.17. The van der Waals surface area contributed by atoms with E-state index < -0.39 is 0 Å². The molecule has 1 unspecified atom stereocenters. The lowest BCUT2D eigenvalue weighted by atomic mass is 9.95. The van der Waals surface area contributed by atoms with Gasteiger partial charge in [0.25, 0.3) is 0 Å². The largest absolute Gasteiger partial charge is 0.330 e. The number of amides is 1. The van der Waals surface area contributed by atoms with Gasteiger partial charge in [0, 0.05) is 24.1 Å². The van der Waals surface area contributed by atoms with Crippen LogP contribution in [0.1, 0.15) is 35.7 Å². The fraction of sp³-hybridized carbons (Fsp3) is 0.429. The highest BCUT2D eigenvalue weighted by molar-refractivity contribution is 5.99. The van der Waals surface area contributed by atoms with Crippen LogP contribution < -0.4 is 11.1 Å². The number of nitrogens with two attached hydrogens (primary N) is 1. The van der Waals surface area contributed by atoms with Crippen molar-refractivity contribution in [3.05, 3.63) is 29.3 Å². The minimum Gasteiger partial charge on any atom is -0.330 e. The first-order chi connectivity index (χ1) is 8.60. The first kappa shape index (κ1) is 12.8. The summed E-state index contributed by atoms with van der Waals surface area (Å²) < 4.78 is 0. The van der Waals surface area contributed by atoms with Crippen molar-refractivity contribution >= 4 is 17.4 Å². The summed E-state index contributed by atoms with van der Waals surface area (Å²) in [5.41, 5.74) is 8.11. The molecule has 0 aliphatic carbocycles. The van der Waals surface area contributed by atoms with Crippen molar-refractivity contribution in [2.24, 2.45) is 11.7 Å². The van der Waals surface area contributed by atoms with Crippen molar-refractivity contribution in [3.63, 3.8) is 0 Å². The van der Waals surface area contributed by atoms with E-state index in [1.54, 1.807) is 6.07 Å². The van der Waals surface area contributed by atoms with Gasteiger partial charge in [-0.25, -0.2) is 0 Å². The Bertz CT molecular complexity index is 483. The van der Waals surface area contributed by atoms with E-state index in [9.17, 15) is 9.59 Å². The molecule has 1 aromatic carbocycles. The lowest BCUT2D eigenvalue weighted by Gasteiger charge is -2.17. The Morgan fingerprint density at radius 3 is 2.94 bits per heavy atom. The van der Waals surface area contributed by atoms with E-state index in [1.165, 1.54) is 0 Å². The molecule has 4 heteroatoms. The molecular weight excluding hydrogens is 228 g/mol. The summed E-state index contributed by atoms with van der Waals surface area (Å²) in [5.74, 6) is 0.360. The molecule has 0 bridgehead atoms. The van der Waals surface area contributed by atoms with Gasteiger partial charge in [-0.3, -0.25) is 9.59 Å². The number of ketones is 1. The van der Waals surface area contributed by atoms with Crippen molar-refractivity contribution in [2.45, 2.75) is 26.2 Å². The second-order valence-corrected chi connectivity index (χ2v) is 4.89. The maximum Gasteiger partial charge on any atom is 0.224 e. The molecule has 0 spiro atoms. The number of carbonyl (C=O) groups is 2. The van der Waals surface area contributed by atoms with E-state index in [0.29, 0.717) is 31.4 Å². The van der Waals surface area contributed by atoms with Crippen LogP contribution in [0.15, 0.2) is 18.2 Å². The van der Waals surface area contributed by atoms with Gasteiger partial charge >= 0.3 is 0 Å². The molecular formula is C14H18N2O2. The van der Waals surface area contributed by atoms with Gasteiger partial charge in [0.2, 0.25) is 5.91 Å². The van der Waals surface area contributed by atoms with E-state index >= 15 is 0 Å². The minimum atomic E-state index is 0.0401. The lowest BCUT2D eigenvalue weighted by Crippen LogP contribution is -2.20. The SMILES string of the molecule is CC(CN)CC(=O)c1ccc2c(c1)CCC(=O)N2. The highest BCUT2D eigenvalue weighted by atomic mass is 16.1. The van der Waals surface area contributed by atoms with Crippen molar-refractivity contribution in [3.8, 4) is 0 Å². The number of aryl methyl sites for hydroxylation is 1. The zero-order valence-electron chi connectivity index (χ0n) is 10.5. The van der Waals surface area contributed by atoms with Crippen LogP contribution >= 0.6 is 0 Å². The summed E-state index contributed by atoms with van der Waals surface area (Å²) in [4.78, 5) is 23.3. The first-order valence-electron chi connectivity index (χ1n) is 6.26. The van der Waals surface area contributed by atoms with Gasteiger partial charge < -0.3 is 11.1 Å². The molecule has 1 aliphatic heterocycles. The van der Waals surface area contributed by atoms with Crippen LogP contribution in [-0.4, -0.2) is 18.2 Å². The maximum absolute atomic E-state index is 12.0. The average molecular weight is 246 g/mol. The standard InChI is InChI=1S/C14H18N2O2/c1-9(8-15)6-13(17)11-2-4-12-10(7-11)3-5-14(18)16-12/h2,4,7,9H,3,5-6,8,15H2,1H3,(H,16,18). The number of nitrogens with one attached hydrogen (secondary N) is 1. The van der Waals surface area contributed by atoms with Crippen LogP contribution in [0, 0.1) is 5.92 Å². The van der Waals surface area contributed by atoms with E-state index in [4.69, 9.17) is 5.73 Å². The molecule has 2 rings (SSSR count). The lowest BCUT2D eigenvalue weighted by molar-refractivity contribution is -0.116. The van der Waals surface area contributed by atoms with E-state index in [-0.39, 0.29) is 17.6 Å². The summed E-state index contributed by atoms with van der Waals surface area (Å²) in [7, 11) is 0. The van der Waals surface area contributed by atoms with Crippen LogP contribution in [0.25, 0.3) is 0 Å². The molecule has 1 aromatic rings. The molecule has 0 fully saturated rings. The molecule has 1 heterocycles. The molecule has 0 aromatic heterocycles. The predicted octanol–water partition coefficient (Wildman–Crippen LogP) is 1.74. The highest BCUT2D eigenvalue weighted by Crippen LogP contribution is 2.24. The van der Waals surface area contributed by atoms with Crippen molar-refractivity contribution in [1.29, 1.82) is 0 Å². The van der Waals surface area contributed by atoms with E-state index in [2.05, 4.69) is 5.32 Å². The summed E-state index contributed by atoms with van der Waals surface area (Å²) in [5, 5.41) is 2.81. The summed E-state index contributed by atoms with van der Waals surface area (Å²) in [6.07, 6.45) is 1.67. The molecule has 0 saturated heterocycles. The van der Waals surface area contributed by atoms with Gasteiger partial charge in [-0.15, -0.1) is 0 Å². The molecule has 3 N–H and O–H groups in total. The third-order valence-corrected chi connectivity index (χ3v) is 3.26. The molecule has 0 saturated carbocycles. The minimum absolute atomic E-state index is 0.0401. The Labute approximate surface area is 107 Å². The fourth-order valence-corrected chi connectivity index (χ4v) is 2.07. The van der Waals surface area contributed by atoms with Crippen LogP contribution in [0.5, 0.6) is 0 Å². The van der Waals surface area contributed by atoms with Gasteiger partial charge in [0.15, 0.2) is 5.78 Å². The van der Waals surface area contributed by atoms with Crippen LogP contribution in [0.2, 0.25) is 0 Å². The number of hydrogen-bond acceptors (Lipinski definition) is 3. The number of rotatable bonds is 4. The number of anilines is 1. The Kier molecular flexibility index (Phi) is 3.77. The normalized spacial score (nSPS) is 15.8. The van der Waals surface area contributed by atoms with E-state index in [0.717, 1.165) is 11.3 Å². The summed E-state index contributed by atoms with van der Waals surface area (Å²) in [6, 6.07) is 5.48. The quantitative estimate of drug-likeness (QED) is 0.795. The van der Waals surface area contributed by atoms with Gasteiger partial charge in [0.1, 0.15) is 0 Å². The zero-order chi connectivity index (χ0) is 13.1. The van der Waals surface area contributed by atoms with Gasteiger partial charge in [0.05, 0.1) is 0 Å². The topological polar surface area (TPSA) is 72.2 Å². The van der Waals surface area contributed by atoms with Crippen LogP contribution in [0.4, 0.5) is 5.69 Å². The first-order valence-corrected chi connectivity index (χ1v) is 6.26. The molecule has 18 heavy (non-hydrogen) atoms. The second kappa shape index (κ2) is 5.31. The number of fused-ring (bicyclic) bond motifs is 1. The van der Waals surface area contributed by atoms with Gasteiger partial charge in [-0.2, -0.15) is 0 Å². The average Bonchev–Trinajstić information content (AvgIpc) is 2.37. The third-order valence-electron chi connectivity index (χ3n) is 3.26. The monoisotopic (exact) mass is 246 g/mol. The summed E-state index contributed by atoms with van der Waals surface area (Å²) in [6.45, 7) is 2.49. The number of Topliss-reactive ketones (excluding diaryl/α,β-unsaturated/α-hetero) is 1. The Balaban J connectivity index is 2.16. The molecule has 1 atom stereocenters. The molecule has 1 aliphatic rings. The number of carbonyl (C=O) groups excluding carboxylic acids is 2. The number of benzene rings is 1. The molecule has 4 nitrogen and oxygen atoms in total. The molecule has 96 valence electrons. The van der Waals surface area contributed by atoms with Crippen molar-refractivity contribution in [1.82, 2.24) is 0 Å². The maximum atomic E-state index is 12.0. The van der Waals surface area contributed by atoms with Crippen molar-refractivity contribution in [2.75, 3.05) is 11.9 Å². The number of hydrogen-bond donors (Lipinski definition) is 2. The fourth-order valence-electron chi connectivity index (χ4n) is 2.07. The van der Waals surface area contributed by atoms with Crippen LogP contribution in [-0.2, 0) is 11.2 Å². The molecule has 0 radical (unpaired) electrons. The van der Waals surface area contributed by atoms with Crippen LogP contribution in [0.3, 0.4) is 0 Å². The smallest absolute Gasteiger partial charge is 0.224 e. The summed E-state index contributed by atoms with van der Waals surface area (Å²) >= 11 is 0. The van der Waals surface area contributed by atoms with E-state index in [1.807, 2.05) is 19.1 Å². The molecule has 1 amide bonds. The third kappa shape index (κ3) is 2.76. The predicted molar refractivity (Wildman–Crippen MR) is 70.6 cm³/mol. The van der Waals surface area contributed by atoms with Crippen molar-refractivity contribution < 1.29 is 9.59 Å². The Morgan fingerprint density at radius 1 is 1.44 bits per heavy atom. The Morgan fingerprint density at radius 2 is 2.22 bits per heavy atom. The second-order valence-electron chi connectivity index (χ2n) is 4.89.